The van der Waals surface area contributed by atoms with E-state index in [4.69, 9.17) is 5.11 Å². The molecule has 1 atom stereocenters. The molecule has 3 N–H and O–H groups in total. The van der Waals surface area contributed by atoms with Crippen molar-refractivity contribution in [2.24, 2.45) is 0 Å². The van der Waals surface area contributed by atoms with Crippen LogP contribution in [0.25, 0.3) is 0 Å². The van der Waals surface area contributed by atoms with Crippen molar-refractivity contribution in [1.29, 1.82) is 0 Å². The van der Waals surface area contributed by atoms with E-state index in [0.717, 1.165) is 0 Å². The fourth-order valence-corrected chi connectivity index (χ4v) is 2.47. The predicted octanol–water partition coefficient (Wildman–Crippen LogP) is 2.30. The molecule has 6 heteroatoms. The predicted molar refractivity (Wildman–Crippen MR) is 65.5 cm³/mol. The highest BCUT2D eigenvalue weighted by Crippen LogP contribution is 2.34. The Bertz CT molecular complexity index is 406. The van der Waals surface area contributed by atoms with Crippen LogP contribution in [-0.4, -0.2) is 26.9 Å². The van der Waals surface area contributed by atoms with Crippen molar-refractivity contribution in [1.82, 2.24) is 0 Å². The number of carboxylic acid groups (broad SMARTS) is 1. The van der Waals surface area contributed by atoms with Crippen molar-refractivity contribution in [2.45, 2.75) is 18.9 Å². The number of aliphatic hydroxyl groups is 1. The molecule has 0 radical (unpaired) electrons. The zero-order valence-electron chi connectivity index (χ0n) is 8.37. The van der Waals surface area contributed by atoms with Crippen LogP contribution in [0.4, 0.5) is 0 Å². The summed E-state index contributed by atoms with van der Waals surface area (Å²) < 4.78 is 0.885. The number of hydrogen-bond acceptors (Lipinski definition) is 3. The van der Waals surface area contributed by atoms with Gasteiger partial charge in [0.05, 0.1) is 8.95 Å². The van der Waals surface area contributed by atoms with E-state index in [9.17, 15) is 15.0 Å². The van der Waals surface area contributed by atoms with Crippen LogP contribution in [0.2, 0.25) is 0 Å². The number of phenolic OH excluding ortho intramolecular Hbond substituents is 1. The maximum atomic E-state index is 10.7. The number of benzene rings is 1. The van der Waals surface area contributed by atoms with Gasteiger partial charge >= 0.3 is 5.97 Å². The summed E-state index contributed by atoms with van der Waals surface area (Å²) in [7, 11) is 0. The molecular weight excluding hydrogens is 344 g/mol. The third-order valence-electron chi connectivity index (χ3n) is 2.09. The highest BCUT2D eigenvalue weighted by Gasteiger charge is 2.30. The molecule has 0 fully saturated rings. The first-order valence-electron chi connectivity index (χ1n) is 4.36. The Morgan fingerprint density at radius 1 is 1.38 bits per heavy atom. The Kier molecular flexibility index (Phi) is 3.98. The van der Waals surface area contributed by atoms with Gasteiger partial charge in [0.2, 0.25) is 0 Å². The summed E-state index contributed by atoms with van der Waals surface area (Å²) >= 11 is 6.26. The maximum absolute atomic E-state index is 10.7. The zero-order valence-corrected chi connectivity index (χ0v) is 11.5. The number of phenols is 1. The lowest BCUT2D eigenvalue weighted by atomic mass is 9.97. The van der Waals surface area contributed by atoms with Gasteiger partial charge in [-0.3, -0.25) is 0 Å². The van der Waals surface area contributed by atoms with E-state index in [0.29, 0.717) is 14.5 Å². The molecule has 88 valence electrons. The monoisotopic (exact) mass is 352 g/mol. The van der Waals surface area contributed by atoms with Crippen molar-refractivity contribution < 1.29 is 20.1 Å². The van der Waals surface area contributed by atoms with Crippen LogP contribution in [0.3, 0.4) is 0 Å². The summed E-state index contributed by atoms with van der Waals surface area (Å²) in [5.41, 5.74) is -1.22. The van der Waals surface area contributed by atoms with Crippen LogP contribution < -0.4 is 0 Å². The van der Waals surface area contributed by atoms with Gasteiger partial charge in [0.25, 0.3) is 0 Å². The fourth-order valence-electron chi connectivity index (χ4n) is 1.19. The van der Waals surface area contributed by atoms with Gasteiger partial charge < -0.3 is 15.3 Å². The highest BCUT2D eigenvalue weighted by atomic mass is 79.9. The molecule has 0 aliphatic carbocycles. The molecule has 1 aromatic carbocycles. The third-order valence-corrected chi connectivity index (χ3v) is 3.29. The molecule has 0 aromatic heterocycles. The minimum Gasteiger partial charge on any atom is -0.506 e. The highest BCUT2D eigenvalue weighted by molar-refractivity contribution is 9.11. The summed E-state index contributed by atoms with van der Waals surface area (Å²) in [5, 5.41) is 27.8. The van der Waals surface area contributed by atoms with E-state index < -0.39 is 11.6 Å². The first-order valence-corrected chi connectivity index (χ1v) is 5.95. The van der Waals surface area contributed by atoms with Crippen LogP contribution in [0.5, 0.6) is 5.75 Å². The number of halogens is 2. The first kappa shape index (κ1) is 13.5. The van der Waals surface area contributed by atoms with Gasteiger partial charge in [-0.2, -0.15) is 0 Å². The molecule has 0 amide bonds. The smallest absolute Gasteiger partial charge is 0.335 e. The van der Waals surface area contributed by atoms with E-state index in [1.54, 1.807) is 12.1 Å². The minimum atomic E-state index is -1.82. The van der Waals surface area contributed by atoms with Gasteiger partial charge in [0, 0.05) is 6.42 Å². The van der Waals surface area contributed by atoms with Crippen molar-refractivity contribution in [3.8, 4) is 5.75 Å². The summed E-state index contributed by atoms with van der Waals surface area (Å²) in [4.78, 5) is 10.7. The Hall–Kier alpha value is -0.590. The quantitative estimate of drug-likeness (QED) is 0.779. The zero-order chi connectivity index (χ0) is 12.5. The van der Waals surface area contributed by atoms with Gasteiger partial charge in [-0.05, 0) is 56.5 Å². The van der Waals surface area contributed by atoms with Crippen LogP contribution >= 0.6 is 31.9 Å². The number of carboxylic acids is 1. The summed E-state index contributed by atoms with van der Waals surface area (Å²) in [6.45, 7) is 1.23. The third kappa shape index (κ3) is 2.96. The second-order valence-corrected chi connectivity index (χ2v) is 5.37. The molecule has 0 bridgehead atoms. The minimum absolute atomic E-state index is 0.0405. The molecule has 0 heterocycles. The average molecular weight is 354 g/mol. The standard InChI is InChI=1S/C10H10Br2O4/c1-10(16,9(14)15)4-5-2-6(11)8(13)7(12)3-5/h2-3,13,16H,4H2,1H3,(H,14,15)/t10-/m1/s1. The van der Waals surface area contributed by atoms with E-state index >= 15 is 0 Å². The van der Waals surface area contributed by atoms with Gasteiger partial charge in [-0.15, -0.1) is 0 Å². The van der Waals surface area contributed by atoms with Crippen LogP contribution in [0, 0.1) is 0 Å². The summed E-state index contributed by atoms with van der Waals surface area (Å²) in [6, 6.07) is 3.13. The number of carbonyl (C=O) groups is 1. The molecule has 0 aliphatic rings. The SMILES string of the molecule is C[C@@](O)(Cc1cc(Br)c(O)c(Br)c1)C(=O)O. The second-order valence-electron chi connectivity index (χ2n) is 3.66. The topological polar surface area (TPSA) is 77.8 Å². The van der Waals surface area contributed by atoms with Crippen molar-refractivity contribution >= 4 is 37.8 Å². The number of aliphatic carboxylic acids is 1. The lowest BCUT2D eigenvalue weighted by molar-refractivity contribution is -0.156. The summed E-state index contributed by atoms with van der Waals surface area (Å²) in [5.74, 6) is -1.24. The van der Waals surface area contributed by atoms with Crippen LogP contribution in [0.1, 0.15) is 12.5 Å². The lowest BCUT2D eigenvalue weighted by Crippen LogP contribution is -2.37. The second kappa shape index (κ2) is 4.73. The molecule has 0 saturated heterocycles. The molecule has 0 spiro atoms. The maximum Gasteiger partial charge on any atom is 0.335 e. The lowest BCUT2D eigenvalue weighted by Gasteiger charge is -2.18. The van der Waals surface area contributed by atoms with Crippen molar-refractivity contribution in [2.75, 3.05) is 0 Å². The number of rotatable bonds is 3. The molecule has 4 nitrogen and oxygen atoms in total. The molecular formula is C10H10Br2O4. The van der Waals surface area contributed by atoms with Crippen molar-refractivity contribution in [3.63, 3.8) is 0 Å². The van der Waals surface area contributed by atoms with Crippen molar-refractivity contribution in [3.05, 3.63) is 26.6 Å². The average Bonchev–Trinajstić information content (AvgIpc) is 2.13. The molecule has 1 aromatic rings. The first-order chi connectivity index (χ1) is 7.24. The molecule has 0 aliphatic heterocycles. The molecule has 0 unspecified atom stereocenters. The summed E-state index contributed by atoms with van der Waals surface area (Å²) in [6.07, 6.45) is -0.0419. The van der Waals surface area contributed by atoms with Crippen LogP contribution in [0.15, 0.2) is 21.1 Å². The Labute approximate surface area is 109 Å². The van der Waals surface area contributed by atoms with Gasteiger partial charge in [0.1, 0.15) is 5.75 Å². The largest absolute Gasteiger partial charge is 0.506 e. The van der Waals surface area contributed by atoms with Gasteiger partial charge in [-0.25, -0.2) is 4.79 Å². The molecule has 16 heavy (non-hydrogen) atoms. The van der Waals surface area contributed by atoms with E-state index in [1.165, 1.54) is 6.92 Å². The molecule has 0 saturated carbocycles. The normalized spacial score (nSPS) is 14.5. The van der Waals surface area contributed by atoms with Crippen LogP contribution in [-0.2, 0) is 11.2 Å². The Morgan fingerprint density at radius 2 is 1.81 bits per heavy atom. The fraction of sp³-hybridized carbons (Fsp3) is 0.300. The van der Waals surface area contributed by atoms with Gasteiger partial charge in [-0.1, -0.05) is 0 Å². The number of aromatic hydroxyl groups is 1. The van der Waals surface area contributed by atoms with E-state index in [-0.39, 0.29) is 12.2 Å². The number of hydrogen-bond donors (Lipinski definition) is 3. The van der Waals surface area contributed by atoms with Gasteiger partial charge in [0.15, 0.2) is 5.60 Å². The Balaban J connectivity index is 3.04. The van der Waals surface area contributed by atoms with E-state index in [1.807, 2.05) is 0 Å². The van der Waals surface area contributed by atoms with E-state index in [2.05, 4.69) is 31.9 Å². The Morgan fingerprint density at radius 3 is 2.19 bits per heavy atom. The molecule has 1 rings (SSSR count).